The summed E-state index contributed by atoms with van der Waals surface area (Å²) in [5, 5.41) is 12.0. The van der Waals surface area contributed by atoms with Crippen LogP contribution in [-0.2, 0) is 0 Å². The summed E-state index contributed by atoms with van der Waals surface area (Å²) < 4.78 is 3.82. The molecule has 96 valence electrons. The number of rotatable bonds is 2. The van der Waals surface area contributed by atoms with Crippen LogP contribution in [0.2, 0.25) is 0 Å². The largest absolute Gasteiger partial charge is 0.288 e. The minimum Gasteiger partial charge on any atom is -0.288 e. The first-order valence-electron chi connectivity index (χ1n) is 6.30. The van der Waals surface area contributed by atoms with Gasteiger partial charge in [0.05, 0.1) is 17.4 Å². The van der Waals surface area contributed by atoms with Crippen molar-refractivity contribution < 1.29 is 0 Å². The zero-order valence-corrected chi connectivity index (χ0v) is 10.6. The summed E-state index contributed by atoms with van der Waals surface area (Å²) in [4.78, 5) is 0. The molecule has 3 aromatic heterocycles. The summed E-state index contributed by atoms with van der Waals surface area (Å²) in [6, 6.07) is 16.4. The fourth-order valence-electron chi connectivity index (χ4n) is 2.33. The van der Waals surface area contributed by atoms with Gasteiger partial charge in [0.2, 0.25) is 0 Å². The first kappa shape index (κ1) is 10.9. The average molecular weight is 261 g/mol. The van der Waals surface area contributed by atoms with Crippen LogP contribution in [-0.4, -0.2) is 24.4 Å². The molecule has 0 aliphatic carbocycles. The zero-order valence-electron chi connectivity index (χ0n) is 10.6. The molecule has 0 atom stereocenters. The Morgan fingerprint density at radius 2 is 1.70 bits per heavy atom. The lowest BCUT2D eigenvalue weighted by molar-refractivity contribution is 0.968. The van der Waals surface area contributed by atoms with Crippen LogP contribution in [0.4, 0.5) is 0 Å². The predicted octanol–water partition coefficient (Wildman–Crippen LogP) is 2.58. The number of benzene rings is 1. The molecule has 0 aliphatic heterocycles. The Morgan fingerprint density at radius 3 is 2.60 bits per heavy atom. The SMILES string of the molecule is c1cc(-c2cccc3ccnn23)cc(-n2cnnc2)c1. The summed E-state index contributed by atoms with van der Waals surface area (Å²) in [5.41, 5.74) is 4.27. The van der Waals surface area contributed by atoms with Gasteiger partial charge in [-0.25, -0.2) is 4.52 Å². The lowest BCUT2D eigenvalue weighted by Crippen LogP contribution is -1.95. The van der Waals surface area contributed by atoms with Gasteiger partial charge in [0.1, 0.15) is 12.7 Å². The van der Waals surface area contributed by atoms with Crippen molar-refractivity contribution in [3.63, 3.8) is 0 Å². The third-order valence-electron chi connectivity index (χ3n) is 3.28. The molecule has 0 radical (unpaired) electrons. The van der Waals surface area contributed by atoms with Crippen molar-refractivity contribution in [2.24, 2.45) is 0 Å². The quantitative estimate of drug-likeness (QED) is 0.557. The highest BCUT2D eigenvalue weighted by molar-refractivity contribution is 5.66. The minimum atomic E-state index is 1.02. The number of hydrogen-bond donors (Lipinski definition) is 0. The van der Waals surface area contributed by atoms with Gasteiger partial charge in [-0.15, -0.1) is 10.2 Å². The maximum absolute atomic E-state index is 4.37. The fraction of sp³-hybridized carbons (Fsp3) is 0. The van der Waals surface area contributed by atoms with Gasteiger partial charge < -0.3 is 0 Å². The number of fused-ring (bicyclic) bond motifs is 1. The second kappa shape index (κ2) is 4.31. The van der Waals surface area contributed by atoms with Crippen LogP contribution in [0.15, 0.2) is 67.4 Å². The van der Waals surface area contributed by atoms with Crippen molar-refractivity contribution in [2.45, 2.75) is 0 Å². The van der Waals surface area contributed by atoms with Crippen molar-refractivity contribution in [1.82, 2.24) is 24.4 Å². The second-order valence-electron chi connectivity index (χ2n) is 4.50. The highest BCUT2D eigenvalue weighted by Gasteiger charge is 2.05. The van der Waals surface area contributed by atoms with E-state index in [0.29, 0.717) is 0 Å². The van der Waals surface area contributed by atoms with Gasteiger partial charge in [-0.2, -0.15) is 5.10 Å². The monoisotopic (exact) mass is 261 g/mol. The average Bonchev–Trinajstić information content (AvgIpc) is 3.18. The molecule has 3 heterocycles. The molecule has 5 heteroatoms. The van der Waals surface area contributed by atoms with E-state index in [1.165, 1.54) is 0 Å². The van der Waals surface area contributed by atoms with E-state index in [0.717, 1.165) is 22.5 Å². The molecule has 20 heavy (non-hydrogen) atoms. The van der Waals surface area contributed by atoms with Crippen molar-refractivity contribution in [1.29, 1.82) is 0 Å². The molecule has 0 aliphatic rings. The van der Waals surface area contributed by atoms with Crippen molar-refractivity contribution >= 4 is 5.52 Å². The summed E-state index contributed by atoms with van der Waals surface area (Å²) in [5.74, 6) is 0. The molecular formula is C15H11N5. The molecule has 0 N–H and O–H groups in total. The Morgan fingerprint density at radius 1 is 0.850 bits per heavy atom. The minimum absolute atomic E-state index is 1.02. The summed E-state index contributed by atoms with van der Waals surface area (Å²) in [6.07, 6.45) is 5.18. The molecule has 0 spiro atoms. The second-order valence-corrected chi connectivity index (χ2v) is 4.50. The van der Waals surface area contributed by atoms with Gasteiger partial charge in [0.15, 0.2) is 0 Å². The Labute approximate surface area is 115 Å². The van der Waals surface area contributed by atoms with E-state index in [-0.39, 0.29) is 0 Å². The molecule has 5 nitrogen and oxygen atoms in total. The molecule has 4 rings (SSSR count). The first-order valence-corrected chi connectivity index (χ1v) is 6.30. The molecule has 0 bridgehead atoms. The van der Waals surface area contributed by atoms with Crippen LogP contribution < -0.4 is 0 Å². The van der Waals surface area contributed by atoms with Gasteiger partial charge in [0, 0.05) is 11.3 Å². The third kappa shape index (κ3) is 1.68. The van der Waals surface area contributed by atoms with Gasteiger partial charge in [0.25, 0.3) is 0 Å². The lowest BCUT2D eigenvalue weighted by Gasteiger charge is -2.07. The van der Waals surface area contributed by atoms with Crippen molar-refractivity contribution in [2.75, 3.05) is 0 Å². The standard InChI is InChI=1S/C15H11N5/c1-3-12(9-14(5-1)19-10-16-17-11-19)15-6-2-4-13-7-8-18-20(13)15/h1-11H. The summed E-state index contributed by atoms with van der Waals surface area (Å²) in [7, 11) is 0. The maximum atomic E-state index is 4.37. The van der Waals surface area contributed by atoms with E-state index in [2.05, 4.69) is 33.5 Å². The van der Waals surface area contributed by atoms with E-state index in [9.17, 15) is 0 Å². The summed E-state index contributed by atoms with van der Waals surface area (Å²) >= 11 is 0. The molecule has 0 unspecified atom stereocenters. The molecule has 4 aromatic rings. The van der Waals surface area contributed by atoms with Gasteiger partial charge in [-0.05, 0) is 30.3 Å². The van der Waals surface area contributed by atoms with E-state index >= 15 is 0 Å². The van der Waals surface area contributed by atoms with E-state index in [4.69, 9.17) is 0 Å². The van der Waals surface area contributed by atoms with Gasteiger partial charge in [-0.1, -0.05) is 18.2 Å². The molecular weight excluding hydrogens is 250 g/mol. The van der Waals surface area contributed by atoms with Gasteiger partial charge in [-0.3, -0.25) is 4.57 Å². The van der Waals surface area contributed by atoms with Crippen LogP contribution in [0.1, 0.15) is 0 Å². The van der Waals surface area contributed by atoms with Crippen LogP contribution in [0.3, 0.4) is 0 Å². The highest BCUT2D eigenvalue weighted by atomic mass is 15.2. The number of nitrogens with zero attached hydrogens (tertiary/aromatic N) is 5. The molecule has 0 amide bonds. The number of aromatic nitrogens is 5. The maximum Gasteiger partial charge on any atom is 0.123 e. The predicted molar refractivity (Wildman–Crippen MR) is 75.5 cm³/mol. The van der Waals surface area contributed by atoms with E-state index in [1.54, 1.807) is 12.7 Å². The number of pyridine rings is 1. The van der Waals surface area contributed by atoms with Crippen molar-refractivity contribution in [3.8, 4) is 16.9 Å². The Kier molecular flexibility index (Phi) is 2.35. The van der Waals surface area contributed by atoms with Crippen LogP contribution in [0.25, 0.3) is 22.5 Å². The van der Waals surface area contributed by atoms with E-state index in [1.807, 2.05) is 45.6 Å². The molecule has 1 aromatic carbocycles. The van der Waals surface area contributed by atoms with Crippen LogP contribution >= 0.6 is 0 Å². The molecule has 0 saturated carbocycles. The van der Waals surface area contributed by atoms with E-state index < -0.39 is 0 Å². The van der Waals surface area contributed by atoms with Crippen molar-refractivity contribution in [3.05, 3.63) is 67.4 Å². The lowest BCUT2D eigenvalue weighted by atomic mass is 10.1. The summed E-state index contributed by atoms with van der Waals surface area (Å²) in [6.45, 7) is 0. The normalized spacial score (nSPS) is 11.0. The number of hydrogen-bond acceptors (Lipinski definition) is 3. The first-order chi connectivity index (χ1) is 9.92. The highest BCUT2D eigenvalue weighted by Crippen LogP contribution is 2.22. The van der Waals surface area contributed by atoms with Gasteiger partial charge >= 0.3 is 0 Å². The smallest absolute Gasteiger partial charge is 0.123 e. The Bertz CT molecular complexity index is 861. The molecule has 0 fully saturated rings. The van der Waals surface area contributed by atoms with Crippen LogP contribution in [0.5, 0.6) is 0 Å². The fourth-order valence-corrected chi connectivity index (χ4v) is 2.33. The molecule has 0 saturated heterocycles. The Hall–Kier alpha value is -2.95. The Balaban J connectivity index is 1.91. The van der Waals surface area contributed by atoms with Crippen LogP contribution in [0, 0.1) is 0 Å². The zero-order chi connectivity index (χ0) is 13.4. The topological polar surface area (TPSA) is 48.0 Å². The third-order valence-corrected chi connectivity index (χ3v) is 3.28.